The van der Waals surface area contributed by atoms with Crippen LogP contribution in [0.2, 0.25) is 12.1 Å². The van der Waals surface area contributed by atoms with E-state index in [1.807, 2.05) is 0 Å². The Balaban J connectivity index is 3.23. The first-order valence-corrected chi connectivity index (χ1v) is 12.7. The summed E-state index contributed by atoms with van der Waals surface area (Å²) >= 11 is 0. The lowest BCUT2D eigenvalue weighted by atomic mass is 10.0. The fourth-order valence-corrected chi connectivity index (χ4v) is 5.19. The molecule has 0 heterocycles. The normalized spacial score (nSPS) is 12.0. The molecule has 143 valence electrons. The molecule has 0 bridgehead atoms. The SMILES string of the molecule is CO[Si](CCCCCCCCCCCCCCCC[Si])(OC)OC. The molecule has 0 fully saturated rings. The molecule has 0 aromatic heterocycles. The van der Waals surface area contributed by atoms with Crippen LogP contribution < -0.4 is 0 Å². The van der Waals surface area contributed by atoms with Crippen molar-refractivity contribution in [3.63, 3.8) is 0 Å². The third-order valence-corrected chi connectivity index (χ3v) is 8.03. The monoisotopic (exact) mass is 373 g/mol. The number of rotatable bonds is 19. The highest BCUT2D eigenvalue weighted by atomic mass is 28.4. The van der Waals surface area contributed by atoms with E-state index in [1.165, 1.54) is 83.5 Å². The van der Waals surface area contributed by atoms with E-state index in [9.17, 15) is 0 Å². The average molecular weight is 374 g/mol. The van der Waals surface area contributed by atoms with Crippen LogP contribution in [-0.4, -0.2) is 40.4 Å². The van der Waals surface area contributed by atoms with Crippen LogP contribution in [0, 0.1) is 0 Å². The standard InChI is InChI=1S/C19H41O3Si2/c1-20-24(21-2,22-3)19-17-15-13-11-9-7-5-4-6-8-10-12-14-16-18-23/h4-19H2,1-3H3. The minimum absolute atomic E-state index is 0.937. The van der Waals surface area contributed by atoms with Crippen molar-refractivity contribution in [3.8, 4) is 0 Å². The number of hydrogen-bond acceptors (Lipinski definition) is 3. The van der Waals surface area contributed by atoms with Crippen LogP contribution in [0.25, 0.3) is 0 Å². The molecule has 24 heavy (non-hydrogen) atoms. The maximum Gasteiger partial charge on any atom is 0.500 e. The summed E-state index contributed by atoms with van der Waals surface area (Å²) in [4.78, 5) is 0. The third-order valence-electron chi connectivity index (χ3n) is 4.84. The fourth-order valence-electron chi connectivity index (χ4n) is 3.14. The van der Waals surface area contributed by atoms with E-state index in [4.69, 9.17) is 13.3 Å². The molecule has 0 amide bonds. The van der Waals surface area contributed by atoms with E-state index < -0.39 is 8.80 Å². The molecule has 0 saturated heterocycles. The minimum Gasteiger partial charge on any atom is -0.377 e. The molecular formula is C19H41O3Si2. The van der Waals surface area contributed by atoms with Crippen molar-refractivity contribution in [1.82, 2.24) is 0 Å². The lowest BCUT2D eigenvalue weighted by Crippen LogP contribution is -2.42. The Labute approximate surface area is 156 Å². The highest BCUT2D eigenvalue weighted by Crippen LogP contribution is 2.18. The van der Waals surface area contributed by atoms with E-state index in [0.717, 1.165) is 18.5 Å². The van der Waals surface area contributed by atoms with Gasteiger partial charge in [-0.2, -0.15) is 0 Å². The molecular weight excluding hydrogens is 332 g/mol. The first-order chi connectivity index (χ1) is 11.7. The molecule has 0 spiro atoms. The molecule has 0 aromatic rings. The summed E-state index contributed by atoms with van der Waals surface area (Å²) in [5.41, 5.74) is 0. The Bertz CT molecular complexity index is 241. The first-order valence-electron chi connectivity index (χ1n) is 10.0. The first kappa shape index (κ1) is 24.3. The largest absolute Gasteiger partial charge is 0.500 e. The van der Waals surface area contributed by atoms with E-state index in [2.05, 4.69) is 10.2 Å². The second kappa shape index (κ2) is 18.1. The van der Waals surface area contributed by atoms with Crippen LogP contribution >= 0.6 is 0 Å². The topological polar surface area (TPSA) is 27.7 Å². The van der Waals surface area contributed by atoms with Crippen molar-refractivity contribution < 1.29 is 13.3 Å². The van der Waals surface area contributed by atoms with Gasteiger partial charge in [0.2, 0.25) is 0 Å². The summed E-state index contributed by atoms with van der Waals surface area (Å²) < 4.78 is 16.3. The Kier molecular flexibility index (Phi) is 18.4. The molecule has 5 heteroatoms. The zero-order valence-corrected chi connectivity index (χ0v) is 18.5. The summed E-state index contributed by atoms with van der Waals surface area (Å²) in [5.74, 6) is 0. The Morgan fingerprint density at radius 2 is 0.792 bits per heavy atom. The molecule has 0 aliphatic carbocycles. The quantitative estimate of drug-likeness (QED) is 0.208. The van der Waals surface area contributed by atoms with Crippen molar-refractivity contribution >= 4 is 19.0 Å². The Hall–Kier alpha value is 0.314. The van der Waals surface area contributed by atoms with Crippen molar-refractivity contribution in [2.24, 2.45) is 0 Å². The zero-order chi connectivity index (χ0) is 17.9. The van der Waals surface area contributed by atoms with Gasteiger partial charge < -0.3 is 13.3 Å². The van der Waals surface area contributed by atoms with Crippen LogP contribution in [0.15, 0.2) is 0 Å². The summed E-state index contributed by atoms with van der Waals surface area (Å²) in [7, 11) is 6.30. The lowest BCUT2D eigenvalue weighted by Gasteiger charge is -2.24. The van der Waals surface area contributed by atoms with E-state index >= 15 is 0 Å². The lowest BCUT2D eigenvalue weighted by molar-refractivity contribution is 0.122. The molecule has 0 N–H and O–H groups in total. The van der Waals surface area contributed by atoms with Gasteiger partial charge in [0.1, 0.15) is 0 Å². The predicted octanol–water partition coefficient (Wildman–Crippen LogP) is 5.91. The molecule has 3 nitrogen and oxygen atoms in total. The van der Waals surface area contributed by atoms with Gasteiger partial charge in [0.05, 0.1) is 0 Å². The molecule has 0 aliphatic heterocycles. The third kappa shape index (κ3) is 13.6. The molecule has 0 atom stereocenters. The average Bonchev–Trinajstić information content (AvgIpc) is 2.62. The number of hydrogen-bond donors (Lipinski definition) is 0. The van der Waals surface area contributed by atoms with E-state index in [-0.39, 0.29) is 0 Å². The molecule has 0 aromatic carbocycles. The molecule has 0 aliphatic rings. The van der Waals surface area contributed by atoms with Crippen LogP contribution in [0.1, 0.15) is 89.9 Å². The van der Waals surface area contributed by atoms with Crippen molar-refractivity contribution in [2.75, 3.05) is 21.3 Å². The van der Waals surface area contributed by atoms with Gasteiger partial charge in [-0.1, -0.05) is 89.5 Å². The number of unbranched alkanes of at least 4 members (excludes halogenated alkanes) is 13. The molecule has 0 unspecified atom stereocenters. The van der Waals surface area contributed by atoms with Gasteiger partial charge >= 0.3 is 8.80 Å². The highest BCUT2D eigenvalue weighted by molar-refractivity contribution is 6.60. The van der Waals surface area contributed by atoms with E-state index in [0.29, 0.717) is 0 Å². The smallest absolute Gasteiger partial charge is 0.377 e. The Morgan fingerprint density at radius 3 is 1.08 bits per heavy atom. The van der Waals surface area contributed by atoms with Gasteiger partial charge in [0.25, 0.3) is 0 Å². The summed E-state index contributed by atoms with van der Waals surface area (Å²) in [6, 6.07) is 2.10. The minimum atomic E-state index is -2.32. The zero-order valence-electron chi connectivity index (χ0n) is 16.5. The summed E-state index contributed by atoms with van der Waals surface area (Å²) in [6.45, 7) is 0. The molecule has 0 rings (SSSR count). The van der Waals surface area contributed by atoms with Crippen LogP contribution in [-0.2, 0) is 13.3 Å². The van der Waals surface area contributed by atoms with Gasteiger partial charge in [-0.3, -0.25) is 0 Å². The second-order valence-electron chi connectivity index (χ2n) is 6.75. The van der Waals surface area contributed by atoms with Crippen LogP contribution in [0.4, 0.5) is 0 Å². The van der Waals surface area contributed by atoms with Gasteiger partial charge in [-0.05, 0) is 6.42 Å². The Morgan fingerprint density at radius 1 is 0.500 bits per heavy atom. The van der Waals surface area contributed by atoms with Crippen LogP contribution in [0.5, 0.6) is 0 Å². The van der Waals surface area contributed by atoms with E-state index in [1.54, 1.807) is 21.3 Å². The fraction of sp³-hybridized carbons (Fsp3) is 1.00. The summed E-state index contributed by atoms with van der Waals surface area (Å²) in [5, 5.41) is 0. The maximum absolute atomic E-state index is 5.45. The van der Waals surface area contributed by atoms with Gasteiger partial charge in [-0.25, -0.2) is 0 Å². The molecule has 3 radical (unpaired) electrons. The van der Waals surface area contributed by atoms with Crippen LogP contribution in [0.3, 0.4) is 0 Å². The summed E-state index contributed by atoms with van der Waals surface area (Å²) in [6.07, 6.45) is 19.2. The predicted molar refractivity (Wildman–Crippen MR) is 107 cm³/mol. The van der Waals surface area contributed by atoms with Gasteiger partial charge in [0, 0.05) is 37.6 Å². The van der Waals surface area contributed by atoms with Crippen molar-refractivity contribution in [1.29, 1.82) is 0 Å². The van der Waals surface area contributed by atoms with Crippen molar-refractivity contribution in [2.45, 2.75) is 102 Å². The van der Waals surface area contributed by atoms with Gasteiger partial charge in [0.15, 0.2) is 0 Å². The highest BCUT2D eigenvalue weighted by Gasteiger charge is 2.36. The molecule has 0 saturated carbocycles. The second-order valence-corrected chi connectivity index (χ2v) is 10.3. The maximum atomic E-state index is 5.45. The van der Waals surface area contributed by atoms with Gasteiger partial charge in [-0.15, -0.1) is 0 Å². The van der Waals surface area contributed by atoms with Crippen molar-refractivity contribution in [3.05, 3.63) is 0 Å².